The fourth-order valence-electron chi connectivity index (χ4n) is 4.74. The highest BCUT2D eigenvalue weighted by atomic mass is 35.5. The number of hydrogen-bond acceptors (Lipinski definition) is 7. The van der Waals surface area contributed by atoms with Gasteiger partial charge >= 0.3 is 0 Å². The maximum Gasteiger partial charge on any atom is 0.202 e. The van der Waals surface area contributed by atoms with E-state index in [-0.39, 0.29) is 34.8 Å². The zero-order chi connectivity index (χ0) is 21.8. The van der Waals surface area contributed by atoms with Crippen molar-refractivity contribution < 1.29 is 14.2 Å². The van der Waals surface area contributed by atoms with Crippen molar-refractivity contribution in [1.82, 2.24) is 20.2 Å². The van der Waals surface area contributed by atoms with E-state index in [2.05, 4.69) is 25.1 Å². The lowest BCUT2D eigenvalue weighted by atomic mass is 9.73. The van der Waals surface area contributed by atoms with Gasteiger partial charge in [-0.2, -0.15) is 5.10 Å². The third-order valence-corrected chi connectivity index (χ3v) is 7.01. The lowest BCUT2D eigenvalue weighted by Crippen LogP contribution is -2.51. The largest absolute Gasteiger partial charge is 0.390 e. The molecule has 2 fully saturated rings. The molecule has 4 N–H and O–H groups in total. The molecule has 0 radical (unpaired) electrons. The van der Waals surface area contributed by atoms with Crippen molar-refractivity contribution in [3.8, 4) is 11.3 Å². The number of anilines is 1. The lowest BCUT2D eigenvalue weighted by molar-refractivity contribution is 0.0973. The molecule has 31 heavy (non-hydrogen) atoms. The van der Waals surface area contributed by atoms with Gasteiger partial charge in [0, 0.05) is 30.1 Å². The highest BCUT2D eigenvalue weighted by molar-refractivity contribution is 6.31. The molecule has 1 aromatic carbocycles. The Morgan fingerprint density at radius 2 is 2.13 bits per heavy atom. The Balaban J connectivity index is 1.48. The van der Waals surface area contributed by atoms with Gasteiger partial charge in [0.2, 0.25) is 5.65 Å². The predicted molar refractivity (Wildman–Crippen MR) is 115 cm³/mol. The van der Waals surface area contributed by atoms with Crippen LogP contribution in [0.4, 0.5) is 10.2 Å². The number of H-pyrrole nitrogens is 1. The number of ether oxygens (including phenoxy) is 1. The number of nitrogens with two attached hydrogens (primary N) is 1. The Kier molecular flexibility index (Phi) is 5.09. The molecule has 2 atom stereocenters. The minimum Gasteiger partial charge on any atom is -0.390 e. The fourth-order valence-corrected chi connectivity index (χ4v) is 4.92. The molecule has 0 amide bonds. The topological polar surface area (TPSA) is 113 Å². The SMILES string of the molecule is C[C@@H]1OCC2(CCN(c3nc4n[nH]c(-c5cccc(Cl)c5F)c4nc3CO)CC2)[C@@H]1N. The number of piperidine rings is 1. The van der Waals surface area contributed by atoms with Crippen LogP contribution in [0.15, 0.2) is 18.2 Å². The molecule has 0 unspecified atom stereocenters. The Morgan fingerprint density at radius 1 is 1.35 bits per heavy atom. The highest BCUT2D eigenvalue weighted by Crippen LogP contribution is 2.42. The van der Waals surface area contributed by atoms with Crippen LogP contribution in [0, 0.1) is 11.2 Å². The van der Waals surface area contributed by atoms with Crippen molar-refractivity contribution in [2.24, 2.45) is 11.1 Å². The first-order chi connectivity index (χ1) is 14.9. The molecule has 4 heterocycles. The first kappa shape index (κ1) is 20.6. The predicted octanol–water partition coefficient (Wildman–Crippen LogP) is 2.64. The van der Waals surface area contributed by atoms with Gasteiger partial charge in [0.1, 0.15) is 11.2 Å². The highest BCUT2D eigenvalue weighted by Gasteiger charge is 2.47. The van der Waals surface area contributed by atoms with Gasteiger partial charge in [0.25, 0.3) is 0 Å². The number of hydrogen-bond donors (Lipinski definition) is 3. The molecule has 2 aromatic heterocycles. The van der Waals surface area contributed by atoms with E-state index in [1.54, 1.807) is 12.1 Å². The number of aliphatic hydroxyl groups excluding tert-OH is 1. The number of aliphatic hydroxyl groups is 1. The van der Waals surface area contributed by atoms with E-state index >= 15 is 0 Å². The molecule has 10 heteroatoms. The Bertz CT molecular complexity index is 1130. The first-order valence-corrected chi connectivity index (χ1v) is 10.7. The van der Waals surface area contributed by atoms with Crippen molar-refractivity contribution in [2.75, 3.05) is 24.6 Å². The van der Waals surface area contributed by atoms with Crippen LogP contribution in [0.1, 0.15) is 25.5 Å². The summed E-state index contributed by atoms with van der Waals surface area (Å²) < 4.78 is 20.3. The lowest BCUT2D eigenvalue weighted by Gasteiger charge is -2.41. The molecule has 2 aliphatic heterocycles. The number of benzene rings is 1. The van der Waals surface area contributed by atoms with Gasteiger partial charge in [0.15, 0.2) is 11.6 Å². The Hall–Kier alpha value is -2.33. The summed E-state index contributed by atoms with van der Waals surface area (Å²) in [6.45, 7) is 3.87. The maximum absolute atomic E-state index is 14.5. The normalized spacial score (nSPS) is 23.2. The van der Waals surface area contributed by atoms with Crippen LogP contribution in [0.25, 0.3) is 22.4 Å². The van der Waals surface area contributed by atoms with Crippen LogP contribution in [0.3, 0.4) is 0 Å². The first-order valence-electron chi connectivity index (χ1n) is 10.4. The summed E-state index contributed by atoms with van der Waals surface area (Å²) >= 11 is 5.93. The van der Waals surface area contributed by atoms with Gasteiger partial charge in [-0.1, -0.05) is 17.7 Å². The third kappa shape index (κ3) is 3.27. The van der Waals surface area contributed by atoms with Gasteiger partial charge in [-0.25, -0.2) is 14.4 Å². The summed E-state index contributed by atoms with van der Waals surface area (Å²) in [4.78, 5) is 11.3. The summed E-state index contributed by atoms with van der Waals surface area (Å²) in [6, 6.07) is 4.75. The Morgan fingerprint density at radius 3 is 2.81 bits per heavy atom. The summed E-state index contributed by atoms with van der Waals surface area (Å²) in [5, 5.41) is 17.1. The van der Waals surface area contributed by atoms with E-state index in [0.29, 0.717) is 35.0 Å². The second-order valence-corrected chi connectivity index (χ2v) is 8.82. The van der Waals surface area contributed by atoms with E-state index in [1.165, 1.54) is 6.07 Å². The van der Waals surface area contributed by atoms with Crippen molar-refractivity contribution in [1.29, 1.82) is 0 Å². The average molecular weight is 447 g/mol. The number of aromatic nitrogens is 4. The van der Waals surface area contributed by atoms with Crippen LogP contribution in [0.5, 0.6) is 0 Å². The second kappa shape index (κ2) is 7.67. The van der Waals surface area contributed by atoms with Crippen molar-refractivity contribution >= 4 is 28.6 Å². The van der Waals surface area contributed by atoms with Crippen molar-refractivity contribution in [2.45, 2.75) is 38.5 Å². The zero-order valence-corrected chi connectivity index (χ0v) is 17.9. The minimum atomic E-state index is -0.559. The number of nitrogens with zero attached hydrogens (tertiary/aromatic N) is 4. The van der Waals surface area contributed by atoms with Gasteiger partial charge < -0.3 is 20.5 Å². The smallest absolute Gasteiger partial charge is 0.202 e. The van der Waals surface area contributed by atoms with Crippen LogP contribution >= 0.6 is 11.6 Å². The third-order valence-electron chi connectivity index (χ3n) is 6.71. The summed E-state index contributed by atoms with van der Waals surface area (Å²) in [6.07, 6.45) is 1.82. The summed E-state index contributed by atoms with van der Waals surface area (Å²) in [5.74, 6) is 0.0341. The molecule has 0 bridgehead atoms. The van der Waals surface area contributed by atoms with E-state index in [0.717, 1.165) is 25.9 Å². The fraction of sp³-hybridized carbons (Fsp3) is 0.476. The molecular formula is C21H24ClFN6O2. The molecule has 8 nitrogen and oxygen atoms in total. The molecule has 1 spiro atoms. The number of fused-ring (bicyclic) bond motifs is 1. The van der Waals surface area contributed by atoms with Crippen LogP contribution in [0.2, 0.25) is 5.02 Å². The monoisotopic (exact) mass is 446 g/mol. The maximum atomic E-state index is 14.5. The van der Waals surface area contributed by atoms with Gasteiger partial charge in [-0.15, -0.1) is 0 Å². The molecule has 2 saturated heterocycles. The van der Waals surface area contributed by atoms with E-state index in [1.807, 2.05) is 6.92 Å². The molecule has 2 aliphatic rings. The molecule has 0 aliphatic carbocycles. The van der Waals surface area contributed by atoms with Crippen LogP contribution in [-0.2, 0) is 11.3 Å². The second-order valence-electron chi connectivity index (χ2n) is 8.42. The molecule has 164 valence electrons. The summed E-state index contributed by atoms with van der Waals surface area (Å²) in [5.41, 5.74) is 8.21. The van der Waals surface area contributed by atoms with E-state index in [4.69, 9.17) is 22.1 Å². The van der Waals surface area contributed by atoms with Gasteiger partial charge in [-0.05, 0) is 31.9 Å². The zero-order valence-electron chi connectivity index (χ0n) is 17.1. The number of halogens is 2. The van der Waals surface area contributed by atoms with E-state index < -0.39 is 5.82 Å². The quantitative estimate of drug-likeness (QED) is 0.566. The average Bonchev–Trinajstić information content (AvgIpc) is 3.32. The molecule has 5 rings (SSSR count). The standard InChI is InChI=1S/C21H24ClFN6O2/c1-11-18(24)21(10-31-11)5-7-29(8-6-21)20-14(9-30)25-17-16(27-28-19(17)26-20)12-3-2-4-13(22)15(12)23/h2-4,11,18,30H,5-10,24H2,1H3,(H,26,27,28)/t11-,18+/m0/s1. The van der Waals surface area contributed by atoms with Crippen LogP contribution in [-0.4, -0.2) is 57.1 Å². The van der Waals surface area contributed by atoms with Gasteiger partial charge in [-0.3, -0.25) is 5.10 Å². The number of nitrogens with one attached hydrogen (secondary N) is 1. The summed E-state index contributed by atoms with van der Waals surface area (Å²) in [7, 11) is 0. The number of aromatic amines is 1. The number of rotatable bonds is 3. The van der Waals surface area contributed by atoms with Crippen molar-refractivity contribution in [3.63, 3.8) is 0 Å². The molecule has 3 aromatic rings. The minimum absolute atomic E-state index is 0.0119. The van der Waals surface area contributed by atoms with Crippen molar-refractivity contribution in [3.05, 3.63) is 34.7 Å². The Labute approximate surface area is 183 Å². The van der Waals surface area contributed by atoms with Gasteiger partial charge in [0.05, 0.1) is 30.0 Å². The molecule has 0 saturated carbocycles. The van der Waals surface area contributed by atoms with Crippen LogP contribution < -0.4 is 10.6 Å². The molecular weight excluding hydrogens is 423 g/mol. The van der Waals surface area contributed by atoms with E-state index in [9.17, 15) is 9.50 Å².